The average molecular weight is 209 g/mol. The van der Waals surface area contributed by atoms with E-state index in [9.17, 15) is 0 Å². The van der Waals surface area contributed by atoms with Crippen molar-refractivity contribution in [3.05, 3.63) is 0 Å². The molecule has 0 aliphatic carbocycles. The van der Waals surface area contributed by atoms with E-state index in [1.54, 1.807) is 0 Å². The van der Waals surface area contributed by atoms with Gasteiger partial charge in [-0.1, -0.05) is 0 Å². The normalized spacial score (nSPS) is 8.18. The fraction of sp³-hybridized carbons (Fsp3) is 1.00. The molecule has 11 heavy (non-hydrogen) atoms. The van der Waals surface area contributed by atoms with Gasteiger partial charge in [0.1, 0.15) is 0 Å². The van der Waals surface area contributed by atoms with Gasteiger partial charge in [-0.2, -0.15) is 0 Å². The predicted molar refractivity (Wildman–Crippen MR) is 27.1 cm³/mol. The molecule has 0 atom stereocenters. The minimum absolute atomic E-state index is 1.00. The van der Waals surface area contributed by atoms with E-state index in [4.69, 9.17) is 21.2 Å². The first kappa shape index (κ1) is 17.0. The van der Waals surface area contributed by atoms with Crippen molar-refractivity contribution in [1.29, 1.82) is 0 Å². The number of nitrogens with zero attached hydrogens (tertiary/aromatic N) is 1. The van der Waals surface area contributed by atoms with Gasteiger partial charge in [-0.05, 0) is 0 Å². The molecule has 0 unspecified atom stereocenters. The summed E-state index contributed by atoms with van der Waals surface area (Å²) in [5, 5.41) is 6.75. The van der Waals surface area contributed by atoms with E-state index < -0.39 is 14.0 Å². The minimum atomic E-state index is -3.79. The SMILES string of the molecule is C[N+](C)(C)C.[O-]F.[O]=[Cr](=[O])=[O]. The van der Waals surface area contributed by atoms with Crippen LogP contribution in [0.2, 0.25) is 0 Å². The summed E-state index contributed by atoms with van der Waals surface area (Å²) in [6.07, 6.45) is 0. The first-order chi connectivity index (χ1) is 4.73. The van der Waals surface area contributed by atoms with Gasteiger partial charge in [-0.25, -0.2) is 0 Å². The van der Waals surface area contributed by atoms with Crippen LogP contribution >= 0.6 is 0 Å². The van der Waals surface area contributed by atoms with Crippen molar-refractivity contribution in [2.75, 3.05) is 28.2 Å². The zero-order chi connectivity index (χ0) is 10.1. The van der Waals surface area contributed by atoms with Crippen molar-refractivity contribution in [2.45, 2.75) is 0 Å². The van der Waals surface area contributed by atoms with E-state index in [2.05, 4.69) is 28.2 Å². The Labute approximate surface area is 68.6 Å². The van der Waals surface area contributed by atoms with Gasteiger partial charge in [-0.15, -0.1) is 0 Å². The van der Waals surface area contributed by atoms with Gasteiger partial charge >= 0.3 is 25.4 Å². The molecule has 0 aliphatic rings. The number of rotatable bonds is 0. The van der Waals surface area contributed by atoms with Crippen LogP contribution in [0.3, 0.4) is 0 Å². The van der Waals surface area contributed by atoms with Crippen molar-refractivity contribution >= 4 is 0 Å². The molecule has 0 aromatic carbocycles. The van der Waals surface area contributed by atoms with Crippen LogP contribution in [-0.4, -0.2) is 32.7 Å². The first-order valence-electron chi connectivity index (χ1n) is 2.44. The fourth-order valence-corrected chi connectivity index (χ4v) is 0. The summed E-state index contributed by atoms with van der Waals surface area (Å²) in [7, 11) is 8.50. The Morgan fingerprint density at radius 3 is 1.00 bits per heavy atom. The molecule has 0 aliphatic heterocycles. The van der Waals surface area contributed by atoms with Gasteiger partial charge in [0.25, 0.3) is 0 Å². The molecule has 5 nitrogen and oxygen atoms in total. The van der Waals surface area contributed by atoms with Gasteiger partial charge in [0.15, 0.2) is 0 Å². The third-order valence-electron chi connectivity index (χ3n) is 0. The van der Waals surface area contributed by atoms with E-state index >= 15 is 0 Å². The maximum atomic E-state index is 8.54. The topological polar surface area (TPSA) is 74.3 Å². The quantitative estimate of drug-likeness (QED) is 0.489. The van der Waals surface area contributed by atoms with E-state index in [1.807, 2.05) is 0 Å². The Hall–Kier alpha value is -0.218. The van der Waals surface area contributed by atoms with Crippen LogP contribution in [0.4, 0.5) is 4.53 Å². The summed E-state index contributed by atoms with van der Waals surface area (Å²) in [4.78, 5) is 0. The molecule has 0 aromatic heterocycles. The van der Waals surface area contributed by atoms with E-state index in [0.717, 1.165) is 4.48 Å². The van der Waals surface area contributed by atoms with Crippen LogP contribution in [0, 0.1) is 0 Å². The van der Waals surface area contributed by atoms with Crippen LogP contribution in [0.15, 0.2) is 0 Å². The van der Waals surface area contributed by atoms with E-state index in [1.165, 1.54) is 0 Å². The molecule has 0 fully saturated rings. The molecule has 0 saturated heterocycles. The Bertz CT molecular complexity index is 143. The molecule has 0 spiro atoms. The van der Waals surface area contributed by atoms with Gasteiger partial charge in [0.05, 0.1) is 28.2 Å². The molecule has 0 amide bonds. The molecular formula is C4H12CrFNO4. The van der Waals surface area contributed by atoms with Crippen molar-refractivity contribution in [3.63, 3.8) is 0 Å². The number of halogens is 1. The third-order valence-corrected chi connectivity index (χ3v) is 0. The molecule has 0 radical (unpaired) electrons. The van der Waals surface area contributed by atoms with Gasteiger partial charge in [0.2, 0.25) is 0 Å². The second-order valence-electron chi connectivity index (χ2n) is 2.89. The molecule has 0 rings (SSSR count). The summed E-state index contributed by atoms with van der Waals surface area (Å²) < 4.78 is 34.9. The molecule has 0 bridgehead atoms. The van der Waals surface area contributed by atoms with Gasteiger partial charge in [0, 0.05) is 0 Å². The summed E-state index contributed by atoms with van der Waals surface area (Å²) in [6.45, 7) is 0. The van der Waals surface area contributed by atoms with Crippen LogP contribution < -0.4 is 5.31 Å². The van der Waals surface area contributed by atoms with Crippen LogP contribution in [0.1, 0.15) is 0 Å². The van der Waals surface area contributed by atoms with Crippen LogP contribution in [0.25, 0.3) is 0 Å². The third kappa shape index (κ3) is 12500. The second-order valence-corrected chi connectivity index (χ2v) is 3.52. The van der Waals surface area contributed by atoms with Crippen LogP contribution in [-0.2, 0) is 25.4 Å². The predicted octanol–water partition coefficient (Wildman–Crippen LogP) is -0.805. The average Bonchev–Trinajstić information content (AvgIpc) is 1.63. The molecule has 7 heteroatoms. The number of hydrogen-bond donors (Lipinski definition) is 0. The summed E-state index contributed by atoms with van der Waals surface area (Å²) in [5.41, 5.74) is 0. The zero-order valence-corrected chi connectivity index (χ0v) is 8.14. The van der Waals surface area contributed by atoms with Crippen LogP contribution in [0.5, 0.6) is 0 Å². The van der Waals surface area contributed by atoms with Gasteiger partial charge in [-0.3, -0.25) is 0 Å². The van der Waals surface area contributed by atoms with Crippen molar-refractivity contribution in [1.82, 2.24) is 0 Å². The molecule has 0 heterocycles. The summed E-state index contributed by atoms with van der Waals surface area (Å²) >= 11 is -3.79. The van der Waals surface area contributed by atoms with E-state index in [-0.39, 0.29) is 0 Å². The van der Waals surface area contributed by atoms with Crippen molar-refractivity contribution in [2.24, 2.45) is 0 Å². The number of quaternary nitrogens is 1. The van der Waals surface area contributed by atoms with Crippen molar-refractivity contribution in [3.8, 4) is 0 Å². The first-order valence-corrected chi connectivity index (χ1v) is 4.00. The van der Waals surface area contributed by atoms with Gasteiger partial charge < -0.3 is 14.3 Å². The van der Waals surface area contributed by atoms with E-state index in [0.29, 0.717) is 0 Å². The Morgan fingerprint density at radius 1 is 1.00 bits per heavy atom. The standard InChI is InChI=1S/C4H12N.Cr.FO.3O/c1-5(2,3)4;;1-2;;;/h1-4H3;;;;;/q+1;;-1;;;. The Morgan fingerprint density at radius 2 is 1.00 bits per heavy atom. The summed E-state index contributed by atoms with van der Waals surface area (Å²) in [6, 6.07) is 0. The second kappa shape index (κ2) is 9.78. The molecule has 70 valence electrons. The zero-order valence-electron chi connectivity index (χ0n) is 6.87. The molecular weight excluding hydrogens is 197 g/mol. The molecule has 0 aromatic rings. The molecule has 0 saturated carbocycles. The number of hydrogen-bond acceptors (Lipinski definition) is 4. The van der Waals surface area contributed by atoms with Crippen molar-refractivity contribution < 1.29 is 39.7 Å². The monoisotopic (exact) mass is 209 g/mol. The maximum absolute atomic E-state index is 8.54. The fourth-order valence-electron chi connectivity index (χ4n) is 0. The Balaban J connectivity index is -0.0000000965. The molecule has 0 N–H and O–H groups in total. The Kier molecular flexibility index (Phi) is 15.2. The summed E-state index contributed by atoms with van der Waals surface area (Å²) in [5.74, 6) is 0.